The van der Waals surface area contributed by atoms with E-state index in [0.717, 1.165) is 12.3 Å². The van der Waals surface area contributed by atoms with Gasteiger partial charge in [0.05, 0.1) is 0 Å². The predicted octanol–water partition coefficient (Wildman–Crippen LogP) is 2.72. The first kappa shape index (κ1) is 15.0. The highest BCUT2D eigenvalue weighted by Gasteiger charge is 2.22. The van der Waals surface area contributed by atoms with Gasteiger partial charge in [0, 0.05) is 18.4 Å². The molecule has 1 aliphatic rings. The molecule has 1 rings (SSSR count). The summed E-state index contributed by atoms with van der Waals surface area (Å²) in [5, 5.41) is 11.6. The summed E-state index contributed by atoms with van der Waals surface area (Å²) in [6, 6.07) is 0. The number of carboxylic acids is 1. The molecule has 0 bridgehead atoms. The molecule has 1 saturated carbocycles. The number of hydrogen-bond donors (Lipinski definition) is 2. The van der Waals surface area contributed by atoms with E-state index in [4.69, 9.17) is 5.11 Å². The SMILES string of the molecule is CC(C)(CCC(=O)O)NC(=O)CCC1CCCC1. The van der Waals surface area contributed by atoms with Crippen molar-refractivity contribution in [1.82, 2.24) is 5.32 Å². The molecule has 0 aromatic heterocycles. The third-order valence-electron chi connectivity index (χ3n) is 3.70. The zero-order valence-corrected chi connectivity index (χ0v) is 11.5. The number of nitrogens with one attached hydrogen (secondary N) is 1. The second-order valence-electron chi connectivity index (χ2n) is 6.01. The van der Waals surface area contributed by atoms with E-state index in [0.29, 0.717) is 12.8 Å². The van der Waals surface area contributed by atoms with Crippen LogP contribution in [-0.2, 0) is 9.59 Å². The molecule has 0 aromatic carbocycles. The number of amides is 1. The topological polar surface area (TPSA) is 66.4 Å². The minimum absolute atomic E-state index is 0.0530. The Hall–Kier alpha value is -1.06. The Kier molecular flexibility index (Phi) is 5.63. The van der Waals surface area contributed by atoms with Crippen LogP contribution in [0.2, 0.25) is 0 Å². The van der Waals surface area contributed by atoms with E-state index in [-0.39, 0.29) is 12.3 Å². The summed E-state index contributed by atoms with van der Waals surface area (Å²) in [6.45, 7) is 3.76. The van der Waals surface area contributed by atoms with Gasteiger partial charge in [-0.1, -0.05) is 25.7 Å². The Morgan fingerprint density at radius 1 is 1.22 bits per heavy atom. The maximum absolute atomic E-state index is 11.8. The molecular weight excluding hydrogens is 230 g/mol. The van der Waals surface area contributed by atoms with Crippen LogP contribution in [-0.4, -0.2) is 22.5 Å². The average molecular weight is 255 g/mol. The van der Waals surface area contributed by atoms with Gasteiger partial charge in [-0.3, -0.25) is 9.59 Å². The Labute approximate surface area is 109 Å². The molecule has 0 radical (unpaired) electrons. The van der Waals surface area contributed by atoms with Crippen LogP contribution in [0.15, 0.2) is 0 Å². The summed E-state index contributed by atoms with van der Waals surface area (Å²) in [6.07, 6.45) is 7.23. The second kappa shape index (κ2) is 6.76. The number of carbonyl (C=O) groups is 2. The standard InChI is InChI=1S/C14H25NO3/c1-14(2,10-9-13(17)18)15-12(16)8-7-11-5-3-4-6-11/h11H,3-10H2,1-2H3,(H,15,16)(H,17,18). The van der Waals surface area contributed by atoms with E-state index in [1.807, 2.05) is 13.8 Å². The third kappa shape index (κ3) is 6.03. The van der Waals surface area contributed by atoms with Crippen LogP contribution in [0, 0.1) is 5.92 Å². The van der Waals surface area contributed by atoms with Gasteiger partial charge in [0.15, 0.2) is 0 Å². The van der Waals surface area contributed by atoms with Crippen molar-refractivity contribution in [2.75, 3.05) is 0 Å². The molecule has 0 aliphatic heterocycles. The number of aliphatic carboxylic acids is 1. The molecule has 0 unspecified atom stereocenters. The van der Waals surface area contributed by atoms with E-state index in [1.165, 1.54) is 25.7 Å². The van der Waals surface area contributed by atoms with Crippen molar-refractivity contribution in [2.24, 2.45) is 5.92 Å². The highest BCUT2D eigenvalue weighted by Crippen LogP contribution is 2.28. The molecule has 1 fully saturated rings. The molecule has 2 N–H and O–H groups in total. The van der Waals surface area contributed by atoms with Crippen molar-refractivity contribution in [1.29, 1.82) is 0 Å². The quantitative estimate of drug-likeness (QED) is 0.735. The van der Waals surface area contributed by atoms with Gasteiger partial charge in [-0.25, -0.2) is 0 Å². The maximum atomic E-state index is 11.8. The lowest BCUT2D eigenvalue weighted by Crippen LogP contribution is -2.43. The zero-order valence-electron chi connectivity index (χ0n) is 11.5. The lowest BCUT2D eigenvalue weighted by Gasteiger charge is -2.26. The van der Waals surface area contributed by atoms with Gasteiger partial charge in [-0.05, 0) is 32.6 Å². The molecule has 0 spiro atoms. The lowest BCUT2D eigenvalue weighted by atomic mass is 9.97. The van der Waals surface area contributed by atoms with Gasteiger partial charge in [0.1, 0.15) is 0 Å². The highest BCUT2D eigenvalue weighted by molar-refractivity contribution is 5.76. The summed E-state index contributed by atoms with van der Waals surface area (Å²) in [4.78, 5) is 22.3. The van der Waals surface area contributed by atoms with E-state index < -0.39 is 11.5 Å². The van der Waals surface area contributed by atoms with E-state index >= 15 is 0 Å². The fraction of sp³-hybridized carbons (Fsp3) is 0.857. The van der Waals surface area contributed by atoms with Crippen LogP contribution in [0.1, 0.15) is 65.2 Å². The van der Waals surface area contributed by atoms with Crippen molar-refractivity contribution in [2.45, 2.75) is 70.8 Å². The molecular formula is C14H25NO3. The minimum Gasteiger partial charge on any atom is -0.481 e. The van der Waals surface area contributed by atoms with Gasteiger partial charge < -0.3 is 10.4 Å². The largest absolute Gasteiger partial charge is 0.481 e. The highest BCUT2D eigenvalue weighted by atomic mass is 16.4. The molecule has 1 amide bonds. The summed E-state index contributed by atoms with van der Waals surface area (Å²) in [5.41, 5.74) is -0.425. The van der Waals surface area contributed by atoms with Crippen molar-refractivity contribution in [3.63, 3.8) is 0 Å². The smallest absolute Gasteiger partial charge is 0.303 e. The molecule has 0 aromatic rings. The van der Waals surface area contributed by atoms with Crippen molar-refractivity contribution in [3.05, 3.63) is 0 Å². The van der Waals surface area contributed by atoms with Crippen LogP contribution in [0.25, 0.3) is 0 Å². The van der Waals surface area contributed by atoms with Crippen LogP contribution in [0.3, 0.4) is 0 Å². The summed E-state index contributed by atoms with van der Waals surface area (Å²) in [5.74, 6) is -0.0431. The van der Waals surface area contributed by atoms with E-state index in [1.54, 1.807) is 0 Å². The van der Waals surface area contributed by atoms with Crippen molar-refractivity contribution in [3.8, 4) is 0 Å². The third-order valence-corrected chi connectivity index (χ3v) is 3.70. The first-order valence-electron chi connectivity index (χ1n) is 6.92. The fourth-order valence-corrected chi connectivity index (χ4v) is 2.56. The van der Waals surface area contributed by atoms with Gasteiger partial charge in [-0.15, -0.1) is 0 Å². The normalized spacial score (nSPS) is 16.8. The van der Waals surface area contributed by atoms with Crippen LogP contribution in [0.5, 0.6) is 0 Å². The Morgan fingerprint density at radius 2 is 1.83 bits per heavy atom. The van der Waals surface area contributed by atoms with Gasteiger partial charge >= 0.3 is 5.97 Å². The Bertz CT molecular complexity index is 293. The number of carbonyl (C=O) groups excluding carboxylic acids is 1. The molecule has 0 heterocycles. The fourth-order valence-electron chi connectivity index (χ4n) is 2.56. The first-order chi connectivity index (χ1) is 8.39. The molecule has 1 aliphatic carbocycles. The zero-order chi connectivity index (χ0) is 13.6. The van der Waals surface area contributed by atoms with Crippen LogP contribution >= 0.6 is 0 Å². The molecule has 18 heavy (non-hydrogen) atoms. The molecule has 0 saturated heterocycles. The van der Waals surface area contributed by atoms with Crippen molar-refractivity contribution >= 4 is 11.9 Å². The Balaban J connectivity index is 2.22. The average Bonchev–Trinajstić information content (AvgIpc) is 2.76. The summed E-state index contributed by atoms with van der Waals surface area (Å²) in [7, 11) is 0. The number of carboxylic acid groups (broad SMARTS) is 1. The summed E-state index contributed by atoms with van der Waals surface area (Å²) >= 11 is 0. The van der Waals surface area contributed by atoms with E-state index in [9.17, 15) is 9.59 Å². The van der Waals surface area contributed by atoms with Crippen LogP contribution < -0.4 is 5.32 Å². The molecule has 104 valence electrons. The van der Waals surface area contributed by atoms with Gasteiger partial charge in [0.2, 0.25) is 5.91 Å². The number of hydrogen-bond acceptors (Lipinski definition) is 2. The number of rotatable bonds is 7. The van der Waals surface area contributed by atoms with Crippen LogP contribution in [0.4, 0.5) is 0 Å². The predicted molar refractivity (Wildman–Crippen MR) is 70.3 cm³/mol. The van der Waals surface area contributed by atoms with Gasteiger partial charge in [-0.2, -0.15) is 0 Å². The lowest BCUT2D eigenvalue weighted by molar-refractivity contribution is -0.137. The van der Waals surface area contributed by atoms with Crippen molar-refractivity contribution < 1.29 is 14.7 Å². The first-order valence-corrected chi connectivity index (χ1v) is 6.92. The second-order valence-corrected chi connectivity index (χ2v) is 6.01. The monoisotopic (exact) mass is 255 g/mol. The summed E-state index contributed by atoms with van der Waals surface area (Å²) < 4.78 is 0. The Morgan fingerprint density at radius 3 is 2.39 bits per heavy atom. The molecule has 0 atom stereocenters. The maximum Gasteiger partial charge on any atom is 0.303 e. The molecule has 4 heteroatoms. The van der Waals surface area contributed by atoms with E-state index in [2.05, 4.69) is 5.32 Å². The molecule has 4 nitrogen and oxygen atoms in total. The van der Waals surface area contributed by atoms with Gasteiger partial charge in [0.25, 0.3) is 0 Å². The minimum atomic E-state index is -0.816.